The molecule has 1 aliphatic rings. The van der Waals surface area contributed by atoms with Crippen molar-refractivity contribution in [2.45, 2.75) is 32.9 Å². The Morgan fingerprint density at radius 3 is 2.34 bits per heavy atom. The minimum atomic E-state index is -0.103. The van der Waals surface area contributed by atoms with Gasteiger partial charge in [0.1, 0.15) is 0 Å². The van der Waals surface area contributed by atoms with E-state index >= 15 is 0 Å². The average Bonchev–Trinajstić information content (AvgIpc) is 2.80. The summed E-state index contributed by atoms with van der Waals surface area (Å²) in [5, 5.41) is 6.08. The molecule has 1 saturated heterocycles. The predicted octanol–water partition coefficient (Wildman–Crippen LogP) is 3.39. The SMILES string of the molecule is CCC(C)NC(=O)CN1CCN(C(=O)Nc2ccccc2N(C)Cc2ccccc2)CC1. The fraction of sp³-hybridized carbons (Fsp3) is 0.440. The average molecular weight is 438 g/mol. The van der Waals surface area contributed by atoms with Gasteiger partial charge in [-0.15, -0.1) is 0 Å². The molecule has 0 aliphatic carbocycles. The summed E-state index contributed by atoms with van der Waals surface area (Å²) in [6.07, 6.45) is 0.918. The highest BCUT2D eigenvalue weighted by Gasteiger charge is 2.23. The molecule has 7 heteroatoms. The zero-order chi connectivity index (χ0) is 22.9. The van der Waals surface area contributed by atoms with E-state index < -0.39 is 0 Å². The molecular weight excluding hydrogens is 402 g/mol. The van der Waals surface area contributed by atoms with Crippen LogP contribution >= 0.6 is 0 Å². The van der Waals surface area contributed by atoms with Gasteiger partial charge in [-0.1, -0.05) is 49.4 Å². The van der Waals surface area contributed by atoms with Gasteiger partial charge < -0.3 is 20.4 Å². The molecule has 0 bridgehead atoms. The van der Waals surface area contributed by atoms with Crippen LogP contribution in [-0.2, 0) is 11.3 Å². The van der Waals surface area contributed by atoms with E-state index in [1.165, 1.54) is 5.56 Å². The molecule has 7 nitrogen and oxygen atoms in total. The molecule has 2 aromatic carbocycles. The Kier molecular flexibility index (Phi) is 8.50. The van der Waals surface area contributed by atoms with Gasteiger partial charge in [0.2, 0.25) is 5.91 Å². The molecule has 1 aliphatic heterocycles. The zero-order valence-corrected chi connectivity index (χ0v) is 19.4. The van der Waals surface area contributed by atoms with Crippen LogP contribution in [0.4, 0.5) is 16.2 Å². The van der Waals surface area contributed by atoms with Crippen LogP contribution in [0.3, 0.4) is 0 Å². The lowest BCUT2D eigenvalue weighted by atomic mass is 10.2. The summed E-state index contributed by atoms with van der Waals surface area (Å²) < 4.78 is 0. The largest absolute Gasteiger partial charge is 0.369 e. The van der Waals surface area contributed by atoms with Crippen LogP contribution in [0.5, 0.6) is 0 Å². The number of para-hydroxylation sites is 2. The Bertz CT molecular complexity index is 881. The van der Waals surface area contributed by atoms with E-state index in [0.29, 0.717) is 32.7 Å². The molecular formula is C25H35N5O2. The summed E-state index contributed by atoms with van der Waals surface area (Å²) in [5.74, 6) is 0.0487. The second kappa shape index (κ2) is 11.5. The third-order valence-corrected chi connectivity index (χ3v) is 5.87. The highest BCUT2D eigenvalue weighted by Crippen LogP contribution is 2.26. The number of carbonyl (C=O) groups is 2. The maximum atomic E-state index is 12.9. The van der Waals surface area contributed by atoms with Gasteiger partial charge in [-0.05, 0) is 31.0 Å². The number of urea groups is 1. The van der Waals surface area contributed by atoms with E-state index in [1.54, 1.807) is 0 Å². The summed E-state index contributed by atoms with van der Waals surface area (Å²) in [6.45, 7) is 7.79. The van der Waals surface area contributed by atoms with Gasteiger partial charge in [-0.25, -0.2) is 4.79 Å². The van der Waals surface area contributed by atoms with Crippen LogP contribution < -0.4 is 15.5 Å². The highest BCUT2D eigenvalue weighted by molar-refractivity contribution is 5.93. The third kappa shape index (κ3) is 6.72. The van der Waals surface area contributed by atoms with Crippen molar-refractivity contribution >= 4 is 23.3 Å². The first kappa shape index (κ1) is 23.6. The van der Waals surface area contributed by atoms with Crippen LogP contribution in [0.25, 0.3) is 0 Å². The molecule has 3 rings (SSSR count). The molecule has 3 amide bonds. The lowest BCUT2D eigenvalue weighted by molar-refractivity contribution is -0.123. The number of piperazine rings is 1. The van der Waals surface area contributed by atoms with Crippen molar-refractivity contribution in [3.8, 4) is 0 Å². The van der Waals surface area contributed by atoms with Crippen molar-refractivity contribution in [2.24, 2.45) is 0 Å². The van der Waals surface area contributed by atoms with Gasteiger partial charge in [0, 0.05) is 45.8 Å². The van der Waals surface area contributed by atoms with E-state index in [2.05, 4.69) is 39.5 Å². The Labute approximate surface area is 191 Å². The second-order valence-electron chi connectivity index (χ2n) is 8.43. The van der Waals surface area contributed by atoms with Crippen molar-refractivity contribution in [2.75, 3.05) is 50.0 Å². The van der Waals surface area contributed by atoms with Crippen LogP contribution in [0.1, 0.15) is 25.8 Å². The molecule has 0 aromatic heterocycles. The molecule has 2 aromatic rings. The number of anilines is 2. The lowest BCUT2D eigenvalue weighted by Gasteiger charge is -2.34. The van der Waals surface area contributed by atoms with Gasteiger partial charge in [0.25, 0.3) is 0 Å². The number of rotatable bonds is 8. The number of benzene rings is 2. The van der Waals surface area contributed by atoms with Crippen molar-refractivity contribution < 1.29 is 9.59 Å². The maximum absolute atomic E-state index is 12.9. The monoisotopic (exact) mass is 437 g/mol. The number of nitrogens with zero attached hydrogens (tertiary/aromatic N) is 3. The van der Waals surface area contributed by atoms with Crippen molar-refractivity contribution in [3.63, 3.8) is 0 Å². The Balaban J connectivity index is 1.53. The molecule has 1 heterocycles. The summed E-state index contributed by atoms with van der Waals surface area (Å²) in [5.41, 5.74) is 2.99. The molecule has 1 fully saturated rings. The summed E-state index contributed by atoms with van der Waals surface area (Å²) >= 11 is 0. The second-order valence-corrected chi connectivity index (χ2v) is 8.43. The molecule has 0 saturated carbocycles. The lowest BCUT2D eigenvalue weighted by Crippen LogP contribution is -2.52. The fourth-order valence-electron chi connectivity index (χ4n) is 3.78. The number of amides is 3. The summed E-state index contributed by atoms with van der Waals surface area (Å²) in [7, 11) is 2.03. The van der Waals surface area contributed by atoms with Gasteiger partial charge in [0.05, 0.1) is 17.9 Å². The van der Waals surface area contributed by atoms with Crippen molar-refractivity contribution in [3.05, 3.63) is 60.2 Å². The molecule has 2 N–H and O–H groups in total. The topological polar surface area (TPSA) is 67.9 Å². The normalized spacial score (nSPS) is 15.2. The summed E-state index contributed by atoms with van der Waals surface area (Å²) in [6, 6.07) is 18.2. The summed E-state index contributed by atoms with van der Waals surface area (Å²) in [4.78, 5) is 31.1. The first-order chi connectivity index (χ1) is 15.5. The molecule has 0 spiro atoms. The van der Waals surface area contributed by atoms with E-state index in [1.807, 2.05) is 61.3 Å². The minimum Gasteiger partial charge on any atom is -0.369 e. The van der Waals surface area contributed by atoms with Crippen LogP contribution in [0.2, 0.25) is 0 Å². The third-order valence-electron chi connectivity index (χ3n) is 5.87. The number of hydrogen-bond acceptors (Lipinski definition) is 4. The van der Waals surface area contributed by atoms with Crippen LogP contribution in [-0.4, -0.2) is 67.6 Å². The van der Waals surface area contributed by atoms with E-state index in [-0.39, 0.29) is 18.0 Å². The first-order valence-corrected chi connectivity index (χ1v) is 11.4. The molecule has 172 valence electrons. The number of carbonyl (C=O) groups excluding carboxylic acids is 2. The van der Waals surface area contributed by atoms with Gasteiger partial charge in [-0.2, -0.15) is 0 Å². The Morgan fingerprint density at radius 2 is 1.66 bits per heavy atom. The standard InChI is InChI=1S/C25H35N5O2/c1-4-20(2)26-24(31)19-29-14-16-30(17-15-29)25(32)27-22-12-8-9-13-23(22)28(3)18-21-10-6-5-7-11-21/h5-13,20H,4,14-19H2,1-3H3,(H,26,31)(H,27,32). The molecule has 1 unspecified atom stereocenters. The Hall–Kier alpha value is -3.06. The molecule has 0 radical (unpaired) electrons. The van der Waals surface area contributed by atoms with Gasteiger partial charge in [-0.3, -0.25) is 9.69 Å². The van der Waals surface area contributed by atoms with E-state index in [9.17, 15) is 9.59 Å². The first-order valence-electron chi connectivity index (χ1n) is 11.4. The quantitative estimate of drug-likeness (QED) is 0.664. The predicted molar refractivity (Wildman–Crippen MR) is 130 cm³/mol. The highest BCUT2D eigenvalue weighted by atomic mass is 16.2. The van der Waals surface area contributed by atoms with Crippen LogP contribution in [0, 0.1) is 0 Å². The zero-order valence-electron chi connectivity index (χ0n) is 19.4. The minimum absolute atomic E-state index is 0.0487. The van der Waals surface area contributed by atoms with E-state index in [4.69, 9.17) is 0 Å². The Morgan fingerprint density at radius 1 is 1.00 bits per heavy atom. The number of nitrogens with one attached hydrogen (secondary N) is 2. The fourth-order valence-corrected chi connectivity index (χ4v) is 3.78. The van der Waals surface area contributed by atoms with Gasteiger partial charge >= 0.3 is 6.03 Å². The van der Waals surface area contributed by atoms with E-state index in [0.717, 1.165) is 24.3 Å². The van der Waals surface area contributed by atoms with Crippen molar-refractivity contribution in [1.29, 1.82) is 0 Å². The molecule has 32 heavy (non-hydrogen) atoms. The van der Waals surface area contributed by atoms with Crippen molar-refractivity contribution in [1.82, 2.24) is 15.1 Å². The smallest absolute Gasteiger partial charge is 0.321 e. The van der Waals surface area contributed by atoms with Gasteiger partial charge in [0.15, 0.2) is 0 Å². The number of hydrogen-bond donors (Lipinski definition) is 2. The molecule has 1 atom stereocenters. The maximum Gasteiger partial charge on any atom is 0.321 e. The van der Waals surface area contributed by atoms with Crippen LogP contribution in [0.15, 0.2) is 54.6 Å².